The zero-order valence-corrected chi connectivity index (χ0v) is 14.9. The summed E-state index contributed by atoms with van der Waals surface area (Å²) in [6, 6.07) is 7.29. The fourth-order valence-electron chi connectivity index (χ4n) is 3.65. The number of benzene rings is 1. The molecular weight excluding hydrogens is 324 g/mol. The number of anilines is 1. The first-order chi connectivity index (χ1) is 11.6. The Morgan fingerprint density at radius 2 is 1.58 bits per heavy atom. The summed E-state index contributed by atoms with van der Waals surface area (Å²) >= 11 is 0. The van der Waals surface area contributed by atoms with Crippen LogP contribution in [0.3, 0.4) is 0 Å². The van der Waals surface area contributed by atoms with Crippen molar-refractivity contribution in [1.29, 1.82) is 0 Å². The summed E-state index contributed by atoms with van der Waals surface area (Å²) in [6.45, 7) is 3.12. The summed E-state index contributed by atoms with van der Waals surface area (Å²) in [5.41, 5.74) is 1.07. The molecule has 5 nitrogen and oxygen atoms in total. The van der Waals surface area contributed by atoms with Crippen LogP contribution in [0, 0.1) is 5.92 Å². The molecule has 2 saturated heterocycles. The van der Waals surface area contributed by atoms with Crippen molar-refractivity contribution in [3.8, 4) is 0 Å². The largest absolute Gasteiger partial charge is 0.372 e. The molecule has 2 aliphatic heterocycles. The van der Waals surface area contributed by atoms with Crippen LogP contribution >= 0.6 is 0 Å². The number of aldehydes is 1. The molecule has 0 bridgehead atoms. The highest BCUT2D eigenvalue weighted by Crippen LogP contribution is 2.27. The third-order valence-corrected chi connectivity index (χ3v) is 7.11. The van der Waals surface area contributed by atoms with Crippen molar-refractivity contribution < 1.29 is 13.2 Å². The van der Waals surface area contributed by atoms with E-state index in [4.69, 9.17) is 0 Å². The quantitative estimate of drug-likeness (QED) is 0.766. The summed E-state index contributed by atoms with van der Waals surface area (Å²) in [6.07, 6.45) is 6.73. The van der Waals surface area contributed by atoms with E-state index >= 15 is 0 Å². The summed E-state index contributed by atoms with van der Waals surface area (Å²) in [4.78, 5) is 13.3. The molecule has 0 spiro atoms. The van der Waals surface area contributed by atoms with Crippen LogP contribution in [0.25, 0.3) is 0 Å². The zero-order valence-electron chi connectivity index (χ0n) is 14.1. The van der Waals surface area contributed by atoms with Crippen LogP contribution in [-0.4, -0.2) is 45.2 Å². The van der Waals surface area contributed by atoms with Gasteiger partial charge in [0.25, 0.3) is 0 Å². The molecule has 2 fully saturated rings. The van der Waals surface area contributed by atoms with Gasteiger partial charge in [0, 0.05) is 38.3 Å². The number of piperidine rings is 2. The van der Waals surface area contributed by atoms with Crippen LogP contribution in [0.4, 0.5) is 5.69 Å². The van der Waals surface area contributed by atoms with Crippen molar-refractivity contribution in [2.24, 2.45) is 5.92 Å². The zero-order chi connectivity index (χ0) is 17.0. The molecule has 132 valence electrons. The summed E-state index contributed by atoms with van der Waals surface area (Å²) < 4.78 is 26.9. The fraction of sp³-hybridized carbons (Fsp3) is 0.611. The second kappa shape index (κ2) is 7.66. The number of sulfonamides is 1. The highest BCUT2D eigenvalue weighted by Gasteiger charge is 2.26. The number of nitrogens with zero attached hydrogens (tertiary/aromatic N) is 2. The van der Waals surface area contributed by atoms with Crippen LogP contribution in [-0.2, 0) is 14.8 Å². The second-order valence-corrected chi connectivity index (χ2v) is 8.73. The van der Waals surface area contributed by atoms with E-state index in [-0.39, 0.29) is 0 Å². The van der Waals surface area contributed by atoms with Gasteiger partial charge in [-0.3, -0.25) is 0 Å². The molecule has 6 heteroatoms. The lowest BCUT2D eigenvalue weighted by atomic mass is 9.94. The van der Waals surface area contributed by atoms with Crippen molar-refractivity contribution >= 4 is 22.0 Å². The highest BCUT2D eigenvalue weighted by molar-refractivity contribution is 7.89. The average molecular weight is 350 g/mol. The van der Waals surface area contributed by atoms with E-state index in [0.29, 0.717) is 30.3 Å². The van der Waals surface area contributed by atoms with Gasteiger partial charge in [-0.1, -0.05) is 6.42 Å². The van der Waals surface area contributed by atoms with Crippen LogP contribution in [0.1, 0.15) is 38.5 Å². The molecule has 24 heavy (non-hydrogen) atoms. The topological polar surface area (TPSA) is 57.7 Å². The summed E-state index contributed by atoms with van der Waals surface area (Å²) in [7, 11) is -3.35. The minimum absolute atomic E-state index is 0.393. The molecule has 1 aromatic carbocycles. The third-order valence-electron chi connectivity index (χ3n) is 5.20. The maximum absolute atomic E-state index is 12.7. The first-order valence-electron chi connectivity index (χ1n) is 8.90. The monoisotopic (exact) mass is 350 g/mol. The maximum Gasteiger partial charge on any atom is 0.243 e. The van der Waals surface area contributed by atoms with E-state index in [2.05, 4.69) is 4.90 Å². The molecule has 0 radical (unpaired) electrons. The SMILES string of the molecule is O=CCC1CCN(c2ccc(S(=O)(=O)N3CCCCC3)cc2)CC1. The van der Waals surface area contributed by atoms with Gasteiger partial charge in [0.1, 0.15) is 6.29 Å². The highest BCUT2D eigenvalue weighted by atomic mass is 32.2. The Morgan fingerprint density at radius 3 is 2.17 bits per heavy atom. The first-order valence-corrected chi connectivity index (χ1v) is 10.3. The molecule has 0 saturated carbocycles. The van der Waals surface area contributed by atoms with Gasteiger partial charge in [0.15, 0.2) is 0 Å². The van der Waals surface area contributed by atoms with Gasteiger partial charge >= 0.3 is 0 Å². The molecule has 1 aromatic rings. The first kappa shape index (κ1) is 17.4. The predicted molar refractivity (Wildman–Crippen MR) is 94.7 cm³/mol. The Morgan fingerprint density at radius 1 is 0.958 bits per heavy atom. The van der Waals surface area contributed by atoms with Crippen molar-refractivity contribution in [2.75, 3.05) is 31.1 Å². The Bertz CT molecular complexity index is 643. The molecule has 0 aromatic heterocycles. The van der Waals surface area contributed by atoms with Gasteiger partial charge in [0.2, 0.25) is 10.0 Å². The van der Waals surface area contributed by atoms with Crippen molar-refractivity contribution in [3.05, 3.63) is 24.3 Å². The van der Waals surface area contributed by atoms with E-state index in [9.17, 15) is 13.2 Å². The third kappa shape index (κ3) is 3.81. The fourth-order valence-corrected chi connectivity index (χ4v) is 5.16. The predicted octanol–water partition coefficient (Wildman–Crippen LogP) is 2.67. The molecule has 2 heterocycles. The smallest absolute Gasteiger partial charge is 0.243 e. The van der Waals surface area contributed by atoms with E-state index in [1.54, 1.807) is 16.4 Å². The minimum atomic E-state index is -3.35. The Kier molecular flexibility index (Phi) is 5.56. The Balaban J connectivity index is 1.66. The van der Waals surface area contributed by atoms with Crippen molar-refractivity contribution in [3.63, 3.8) is 0 Å². The molecule has 0 atom stereocenters. The molecule has 0 N–H and O–H groups in total. The average Bonchev–Trinajstić information content (AvgIpc) is 2.63. The molecule has 2 aliphatic rings. The van der Waals surface area contributed by atoms with Crippen LogP contribution in [0.2, 0.25) is 0 Å². The lowest BCUT2D eigenvalue weighted by Gasteiger charge is -2.33. The van der Waals surface area contributed by atoms with Gasteiger partial charge in [0.05, 0.1) is 4.90 Å². The van der Waals surface area contributed by atoms with Crippen LogP contribution in [0.5, 0.6) is 0 Å². The second-order valence-electron chi connectivity index (χ2n) is 6.79. The van der Waals surface area contributed by atoms with Crippen molar-refractivity contribution in [1.82, 2.24) is 4.31 Å². The van der Waals surface area contributed by atoms with Gasteiger partial charge in [-0.15, -0.1) is 0 Å². The van der Waals surface area contributed by atoms with Crippen LogP contribution < -0.4 is 4.90 Å². The number of hydrogen-bond acceptors (Lipinski definition) is 4. The lowest BCUT2D eigenvalue weighted by molar-refractivity contribution is -0.108. The number of carbonyl (C=O) groups is 1. The van der Waals surface area contributed by atoms with Crippen LogP contribution in [0.15, 0.2) is 29.2 Å². The Labute approximate surface area is 144 Å². The molecule has 0 aliphatic carbocycles. The number of carbonyl (C=O) groups excluding carboxylic acids is 1. The van der Waals surface area contributed by atoms with E-state index < -0.39 is 10.0 Å². The van der Waals surface area contributed by atoms with E-state index in [1.807, 2.05) is 12.1 Å². The maximum atomic E-state index is 12.7. The van der Waals surface area contributed by atoms with E-state index in [1.165, 1.54) is 0 Å². The number of rotatable bonds is 5. The van der Waals surface area contributed by atoms with Gasteiger partial charge in [-0.05, 0) is 55.9 Å². The summed E-state index contributed by atoms with van der Waals surface area (Å²) in [5, 5.41) is 0. The number of hydrogen-bond donors (Lipinski definition) is 0. The van der Waals surface area contributed by atoms with Gasteiger partial charge < -0.3 is 9.69 Å². The van der Waals surface area contributed by atoms with Gasteiger partial charge in [-0.2, -0.15) is 4.31 Å². The molecular formula is C18H26N2O3S. The molecule has 3 rings (SSSR count). The minimum Gasteiger partial charge on any atom is -0.372 e. The van der Waals surface area contributed by atoms with E-state index in [0.717, 1.165) is 57.2 Å². The van der Waals surface area contributed by atoms with Crippen molar-refractivity contribution in [2.45, 2.75) is 43.4 Å². The molecule has 0 unspecified atom stereocenters. The van der Waals surface area contributed by atoms with Gasteiger partial charge in [-0.25, -0.2) is 8.42 Å². The normalized spacial score (nSPS) is 20.9. The Hall–Kier alpha value is -1.40. The standard InChI is InChI=1S/C18H26N2O3S/c21-15-10-16-8-13-19(14-9-16)17-4-6-18(7-5-17)24(22,23)20-11-2-1-3-12-20/h4-7,15-16H,1-3,8-14H2. The summed E-state index contributed by atoms with van der Waals surface area (Å²) in [5.74, 6) is 0.498. The lowest BCUT2D eigenvalue weighted by Crippen LogP contribution is -2.36. The molecule has 0 amide bonds.